The first-order chi connectivity index (χ1) is 13.9. The maximum absolute atomic E-state index is 13.8. The number of rotatable bonds is 8. The average molecular weight is 411 g/mol. The van der Waals surface area contributed by atoms with Gasteiger partial charge in [-0.1, -0.05) is 0 Å². The molecule has 0 aliphatic rings. The lowest BCUT2D eigenvalue weighted by molar-refractivity contribution is 0.122. The number of nitrogens with zero attached hydrogens (tertiary/aromatic N) is 4. The van der Waals surface area contributed by atoms with E-state index in [-0.39, 0.29) is 17.3 Å². The summed E-state index contributed by atoms with van der Waals surface area (Å²) < 4.78 is 66.7. The fourth-order valence-corrected chi connectivity index (χ4v) is 2.40. The van der Waals surface area contributed by atoms with E-state index in [9.17, 15) is 22.0 Å². The number of anilines is 3. The molecule has 0 atom stereocenters. The maximum atomic E-state index is 13.8. The van der Waals surface area contributed by atoms with Crippen LogP contribution in [0.1, 0.15) is 11.1 Å². The van der Waals surface area contributed by atoms with E-state index in [0.717, 1.165) is 17.0 Å². The third kappa shape index (κ3) is 4.83. The Balaban J connectivity index is 1.78. The van der Waals surface area contributed by atoms with Gasteiger partial charge in [0.25, 0.3) is 6.43 Å². The summed E-state index contributed by atoms with van der Waals surface area (Å²) in [6.07, 6.45) is 2.24. The number of alkyl halides is 2. The Kier molecular flexibility index (Phi) is 6.00. The van der Waals surface area contributed by atoms with Gasteiger partial charge in [-0.25, -0.2) is 26.9 Å². The van der Waals surface area contributed by atoms with Crippen LogP contribution in [-0.2, 0) is 13.1 Å². The molecule has 0 saturated heterocycles. The highest BCUT2D eigenvalue weighted by molar-refractivity contribution is 5.84. The van der Waals surface area contributed by atoms with Gasteiger partial charge in [0, 0.05) is 30.7 Å². The van der Waals surface area contributed by atoms with Crippen molar-refractivity contribution >= 4 is 23.7 Å². The summed E-state index contributed by atoms with van der Waals surface area (Å²) in [6, 6.07) is 1.48. The molecule has 7 nitrogen and oxygen atoms in total. The first kappa shape index (κ1) is 20.2. The molecular weight excluding hydrogens is 397 g/mol. The minimum atomic E-state index is -2.56. The molecule has 0 fully saturated rings. The lowest BCUT2D eigenvalue weighted by Crippen LogP contribution is -2.10. The lowest BCUT2D eigenvalue weighted by Gasteiger charge is -2.11. The van der Waals surface area contributed by atoms with Gasteiger partial charge in [-0.2, -0.15) is 10.1 Å². The summed E-state index contributed by atoms with van der Waals surface area (Å²) >= 11 is 0. The molecule has 2 heterocycles. The first-order valence-corrected chi connectivity index (χ1v) is 8.18. The van der Waals surface area contributed by atoms with Crippen molar-refractivity contribution in [1.29, 1.82) is 5.41 Å². The van der Waals surface area contributed by atoms with E-state index in [1.54, 1.807) is 0 Å². The molecule has 12 heteroatoms. The average Bonchev–Trinajstić information content (AvgIpc) is 3.11. The van der Waals surface area contributed by atoms with Gasteiger partial charge in [0.15, 0.2) is 11.6 Å². The second-order valence-electron chi connectivity index (χ2n) is 5.78. The van der Waals surface area contributed by atoms with Crippen LogP contribution in [0.15, 0.2) is 30.7 Å². The Morgan fingerprint density at radius 2 is 1.90 bits per heavy atom. The van der Waals surface area contributed by atoms with Crippen LogP contribution < -0.4 is 10.6 Å². The van der Waals surface area contributed by atoms with Gasteiger partial charge in [0.05, 0.1) is 17.4 Å². The molecular formula is C17H14F5N7. The Hall–Kier alpha value is -3.57. The van der Waals surface area contributed by atoms with Crippen molar-refractivity contribution in [3.8, 4) is 0 Å². The molecule has 0 amide bonds. The van der Waals surface area contributed by atoms with Gasteiger partial charge in [0.1, 0.15) is 18.2 Å². The van der Waals surface area contributed by atoms with E-state index >= 15 is 0 Å². The second-order valence-corrected chi connectivity index (χ2v) is 5.78. The van der Waals surface area contributed by atoms with Crippen molar-refractivity contribution < 1.29 is 22.0 Å². The van der Waals surface area contributed by atoms with Crippen LogP contribution in [-0.4, -0.2) is 32.4 Å². The quantitative estimate of drug-likeness (QED) is 0.299. The molecule has 0 saturated carbocycles. The third-order valence-electron chi connectivity index (χ3n) is 3.76. The van der Waals surface area contributed by atoms with Crippen molar-refractivity contribution in [3.05, 3.63) is 59.3 Å². The molecule has 0 bridgehead atoms. The SMILES string of the molecule is N=Cc1cnc(Nc2cnn(CC(F)F)c2)nc1NCc1c(F)ccc(F)c1F. The van der Waals surface area contributed by atoms with Crippen LogP contribution in [0, 0.1) is 22.9 Å². The minimum absolute atomic E-state index is 0.0230. The number of hydrogen-bond acceptors (Lipinski definition) is 6. The third-order valence-corrected chi connectivity index (χ3v) is 3.76. The summed E-state index contributed by atoms with van der Waals surface area (Å²) in [6.45, 7) is -1.01. The van der Waals surface area contributed by atoms with E-state index in [2.05, 4.69) is 25.7 Å². The number of halogens is 5. The monoisotopic (exact) mass is 411 g/mol. The van der Waals surface area contributed by atoms with Gasteiger partial charge in [-0.3, -0.25) is 4.68 Å². The van der Waals surface area contributed by atoms with Crippen LogP contribution in [0.3, 0.4) is 0 Å². The van der Waals surface area contributed by atoms with E-state index in [1.165, 1.54) is 18.6 Å². The summed E-state index contributed by atoms with van der Waals surface area (Å²) in [7, 11) is 0. The predicted octanol–water partition coefficient (Wildman–Crippen LogP) is 3.71. The molecule has 0 aliphatic heterocycles. The van der Waals surface area contributed by atoms with Crippen LogP contribution >= 0.6 is 0 Å². The molecule has 152 valence electrons. The number of benzene rings is 1. The number of hydrogen-bond donors (Lipinski definition) is 3. The summed E-state index contributed by atoms with van der Waals surface area (Å²) in [5.74, 6) is -3.38. The fraction of sp³-hybridized carbons (Fsp3) is 0.176. The van der Waals surface area contributed by atoms with Crippen molar-refractivity contribution in [3.63, 3.8) is 0 Å². The molecule has 3 aromatic rings. The van der Waals surface area contributed by atoms with Crippen molar-refractivity contribution in [2.45, 2.75) is 19.5 Å². The highest BCUT2D eigenvalue weighted by Crippen LogP contribution is 2.20. The smallest absolute Gasteiger partial charge is 0.257 e. The molecule has 3 N–H and O–H groups in total. The van der Waals surface area contributed by atoms with E-state index in [1.807, 2.05) is 0 Å². The minimum Gasteiger partial charge on any atom is -0.365 e. The van der Waals surface area contributed by atoms with Gasteiger partial charge < -0.3 is 16.0 Å². The van der Waals surface area contributed by atoms with Crippen LogP contribution in [0.5, 0.6) is 0 Å². The Morgan fingerprint density at radius 3 is 2.62 bits per heavy atom. The van der Waals surface area contributed by atoms with Crippen LogP contribution in [0.25, 0.3) is 0 Å². The largest absolute Gasteiger partial charge is 0.365 e. The predicted molar refractivity (Wildman–Crippen MR) is 95.1 cm³/mol. The molecule has 1 aromatic carbocycles. The highest BCUT2D eigenvalue weighted by Gasteiger charge is 2.15. The molecule has 2 aromatic heterocycles. The zero-order valence-electron chi connectivity index (χ0n) is 14.6. The zero-order chi connectivity index (χ0) is 21.0. The standard InChI is InChI=1S/C17H14F5N7/c18-12-1-2-13(19)15(22)11(12)6-24-16-9(3-23)4-25-17(28-16)27-10-5-26-29(7-10)8-14(20)21/h1-5,7,14,23H,6,8H2,(H2,24,25,27,28). The number of nitrogens with one attached hydrogen (secondary N) is 3. The van der Waals surface area contributed by atoms with Crippen molar-refractivity contribution in [2.75, 3.05) is 10.6 Å². The van der Waals surface area contributed by atoms with Gasteiger partial charge >= 0.3 is 0 Å². The topological polar surface area (TPSA) is 91.5 Å². The van der Waals surface area contributed by atoms with Gasteiger partial charge in [0.2, 0.25) is 5.95 Å². The Morgan fingerprint density at radius 1 is 1.14 bits per heavy atom. The molecule has 0 radical (unpaired) electrons. The molecule has 0 unspecified atom stereocenters. The summed E-state index contributed by atoms with van der Waals surface area (Å²) in [5, 5.41) is 16.5. The highest BCUT2D eigenvalue weighted by atomic mass is 19.3. The van der Waals surface area contributed by atoms with Crippen LogP contribution in [0.2, 0.25) is 0 Å². The van der Waals surface area contributed by atoms with Gasteiger partial charge in [-0.15, -0.1) is 0 Å². The lowest BCUT2D eigenvalue weighted by atomic mass is 10.2. The van der Waals surface area contributed by atoms with Crippen molar-refractivity contribution in [2.24, 2.45) is 0 Å². The van der Waals surface area contributed by atoms with Crippen molar-refractivity contribution in [1.82, 2.24) is 19.7 Å². The first-order valence-electron chi connectivity index (χ1n) is 8.18. The van der Waals surface area contributed by atoms with E-state index < -0.39 is 42.5 Å². The number of aromatic nitrogens is 4. The Labute approximate surface area is 161 Å². The van der Waals surface area contributed by atoms with Crippen LogP contribution in [0.4, 0.5) is 39.4 Å². The fourth-order valence-electron chi connectivity index (χ4n) is 2.40. The summed E-state index contributed by atoms with van der Waals surface area (Å²) in [4.78, 5) is 8.07. The van der Waals surface area contributed by atoms with Gasteiger partial charge in [-0.05, 0) is 12.1 Å². The second kappa shape index (κ2) is 8.63. The summed E-state index contributed by atoms with van der Waals surface area (Å²) in [5.41, 5.74) is 0.0184. The normalized spacial score (nSPS) is 11.0. The zero-order valence-corrected chi connectivity index (χ0v) is 14.6. The van der Waals surface area contributed by atoms with E-state index in [4.69, 9.17) is 5.41 Å². The molecule has 0 spiro atoms. The Bertz CT molecular complexity index is 1020. The maximum Gasteiger partial charge on any atom is 0.257 e. The molecule has 0 aliphatic carbocycles. The van der Waals surface area contributed by atoms with E-state index in [0.29, 0.717) is 11.8 Å². The molecule has 3 rings (SSSR count). The molecule has 29 heavy (non-hydrogen) atoms.